The summed E-state index contributed by atoms with van der Waals surface area (Å²) in [5, 5.41) is 19.3. The molecule has 0 fully saturated rings. The largest absolute Gasteiger partial charge is 0.478 e. The number of benzene rings is 2. The predicted molar refractivity (Wildman–Crippen MR) is 71.6 cm³/mol. The maximum atomic E-state index is 11.1. The van der Waals surface area contributed by atoms with Crippen molar-refractivity contribution in [2.75, 3.05) is 0 Å². The monoisotopic (exact) mass is 306 g/mol. The number of aliphatic hydroxyl groups is 1. The molecule has 0 aliphatic carbocycles. The topological polar surface area (TPSA) is 57.5 Å². The number of carbonyl (C=O) groups is 1. The molecule has 2 rings (SSSR count). The van der Waals surface area contributed by atoms with Gasteiger partial charge in [0.1, 0.15) is 6.10 Å². The van der Waals surface area contributed by atoms with E-state index in [9.17, 15) is 9.90 Å². The highest BCUT2D eigenvalue weighted by atomic mass is 79.9. The second kappa shape index (κ2) is 5.33. The van der Waals surface area contributed by atoms with Crippen LogP contribution in [0, 0.1) is 0 Å². The van der Waals surface area contributed by atoms with Gasteiger partial charge < -0.3 is 10.2 Å². The van der Waals surface area contributed by atoms with E-state index < -0.39 is 12.1 Å². The summed E-state index contributed by atoms with van der Waals surface area (Å²) in [6, 6.07) is 13.6. The standard InChI is InChI=1S/C14H11BrO3/c15-10-7-5-9(6-8-10)13(16)11-3-1-2-4-12(11)14(17)18/h1-8,13,16H,(H,17,18). The lowest BCUT2D eigenvalue weighted by Gasteiger charge is -2.14. The molecule has 0 aliphatic rings. The summed E-state index contributed by atoms with van der Waals surface area (Å²) in [7, 11) is 0. The van der Waals surface area contributed by atoms with Crippen molar-refractivity contribution >= 4 is 21.9 Å². The maximum absolute atomic E-state index is 11.1. The van der Waals surface area contributed by atoms with E-state index in [4.69, 9.17) is 5.11 Å². The van der Waals surface area contributed by atoms with Crippen LogP contribution in [0.1, 0.15) is 27.6 Å². The SMILES string of the molecule is O=C(O)c1ccccc1C(O)c1ccc(Br)cc1. The lowest BCUT2D eigenvalue weighted by atomic mass is 9.97. The molecule has 1 unspecified atom stereocenters. The summed E-state index contributed by atoms with van der Waals surface area (Å²) in [5.74, 6) is -1.04. The Balaban J connectivity index is 2.42. The zero-order valence-corrected chi connectivity index (χ0v) is 11.0. The molecule has 0 spiro atoms. The molecule has 2 aromatic carbocycles. The number of halogens is 1. The van der Waals surface area contributed by atoms with Crippen molar-refractivity contribution in [2.24, 2.45) is 0 Å². The van der Waals surface area contributed by atoms with E-state index in [2.05, 4.69) is 15.9 Å². The van der Waals surface area contributed by atoms with E-state index in [-0.39, 0.29) is 5.56 Å². The third-order valence-electron chi connectivity index (χ3n) is 2.67. The Kier molecular flexibility index (Phi) is 3.79. The number of rotatable bonds is 3. The van der Waals surface area contributed by atoms with Gasteiger partial charge in [0.05, 0.1) is 5.56 Å². The van der Waals surface area contributed by atoms with Crippen LogP contribution in [-0.4, -0.2) is 16.2 Å². The average Bonchev–Trinajstić information content (AvgIpc) is 2.39. The molecule has 3 nitrogen and oxygen atoms in total. The molecule has 18 heavy (non-hydrogen) atoms. The predicted octanol–water partition coefficient (Wildman–Crippen LogP) is 3.23. The molecule has 0 aromatic heterocycles. The molecule has 2 N–H and O–H groups in total. The highest BCUT2D eigenvalue weighted by Gasteiger charge is 2.17. The van der Waals surface area contributed by atoms with Crippen molar-refractivity contribution in [1.82, 2.24) is 0 Å². The van der Waals surface area contributed by atoms with Crippen molar-refractivity contribution in [2.45, 2.75) is 6.10 Å². The highest BCUT2D eigenvalue weighted by Crippen LogP contribution is 2.26. The zero-order valence-electron chi connectivity index (χ0n) is 9.38. The fourth-order valence-electron chi connectivity index (χ4n) is 1.75. The smallest absolute Gasteiger partial charge is 0.336 e. The van der Waals surface area contributed by atoms with Gasteiger partial charge in [-0.15, -0.1) is 0 Å². The van der Waals surface area contributed by atoms with Gasteiger partial charge in [-0.3, -0.25) is 0 Å². The Morgan fingerprint density at radius 2 is 1.67 bits per heavy atom. The van der Waals surface area contributed by atoms with Gasteiger partial charge in [0, 0.05) is 4.47 Å². The minimum Gasteiger partial charge on any atom is -0.478 e. The van der Waals surface area contributed by atoms with Crippen LogP contribution in [0.25, 0.3) is 0 Å². The van der Waals surface area contributed by atoms with Crippen LogP contribution in [0.3, 0.4) is 0 Å². The Labute approximate surface area is 113 Å². The average molecular weight is 307 g/mol. The summed E-state index contributed by atoms with van der Waals surface area (Å²) >= 11 is 3.31. The molecule has 0 bridgehead atoms. The van der Waals surface area contributed by atoms with Crippen LogP contribution in [0.2, 0.25) is 0 Å². The Morgan fingerprint density at radius 1 is 1.06 bits per heavy atom. The molecule has 4 heteroatoms. The summed E-state index contributed by atoms with van der Waals surface area (Å²) in [6.45, 7) is 0. The molecule has 0 saturated heterocycles. The second-order valence-electron chi connectivity index (χ2n) is 3.85. The highest BCUT2D eigenvalue weighted by molar-refractivity contribution is 9.10. The fraction of sp³-hybridized carbons (Fsp3) is 0.0714. The van der Waals surface area contributed by atoms with E-state index in [1.54, 1.807) is 30.3 Å². The van der Waals surface area contributed by atoms with E-state index in [0.717, 1.165) is 4.47 Å². The van der Waals surface area contributed by atoms with Gasteiger partial charge >= 0.3 is 5.97 Å². The number of aliphatic hydroxyl groups excluding tert-OH is 1. The van der Waals surface area contributed by atoms with E-state index >= 15 is 0 Å². The maximum Gasteiger partial charge on any atom is 0.336 e. The van der Waals surface area contributed by atoms with Gasteiger partial charge in [-0.25, -0.2) is 4.79 Å². The lowest BCUT2D eigenvalue weighted by molar-refractivity contribution is 0.0691. The number of carboxylic acid groups (broad SMARTS) is 1. The van der Waals surface area contributed by atoms with Gasteiger partial charge in [-0.1, -0.05) is 46.3 Å². The molecular weight excluding hydrogens is 296 g/mol. The molecule has 0 heterocycles. The number of hydrogen-bond donors (Lipinski definition) is 2. The molecule has 92 valence electrons. The van der Waals surface area contributed by atoms with Gasteiger partial charge in [-0.05, 0) is 29.3 Å². The summed E-state index contributed by atoms with van der Waals surface area (Å²) in [4.78, 5) is 11.1. The summed E-state index contributed by atoms with van der Waals surface area (Å²) < 4.78 is 0.907. The second-order valence-corrected chi connectivity index (χ2v) is 4.76. The van der Waals surface area contributed by atoms with Gasteiger partial charge in [0.25, 0.3) is 0 Å². The van der Waals surface area contributed by atoms with Crippen molar-refractivity contribution in [3.63, 3.8) is 0 Å². The third kappa shape index (κ3) is 2.60. The first kappa shape index (κ1) is 12.8. The van der Waals surface area contributed by atoms with Crippen LogP contribution in [-0.2, 0) is 0 Å². The molecular formula is C14H11BrO3. The lowest BCUT2D eigenvalue weighted by Crippen LogP contribution is -2.08. The van der Waals surface area contributed by atoms with Crippen molar-refractivity contribution in [1.29, 1.82) is 0 Å². The van der Waals surface area contributed by atoms with E-state index in [1.165, 1.54) is 6.07 Å². The molecule has 1 atom stereocenters. The zero-order chi connectivity index (χ0) is 13.1. The van der Waals surface area contributed by atoms with Crippen LogP contribution in [0.5, 0.6) is 0 Å². The molecule has 0 amide bonds. The normalized spacial score (nSPS) is 12.1. The molecule has 0 radical (unpaired) electrons. The number of aromatic carboxylic acids is 1. The Morgan fingerprint density at radius 3 is 2.28 bits per heavy atom. The first-order valence-corrected chi connectivity index (χ1v) is 6.14. The summed E-state index contributed by atoms with van der Waals surface area (Å²) in [5.41, 5.74) is 1.17. The molecule has 0 saturated carbocycles. The van der Waals surface area contributed by atoms with E-state index in [1.807, 2.05) is 12.1 Å². The first-order chi connectivity index (χ1) is 8.59. The minimum absolute atomic E-state index is 0.118. The van der Waals surface area contributed by atoms with Crippen molar-refractivity contribution < 1.29 is 15.0 Å². The van der Waals surface area contributed by atoms with Crippen molar-refractivity contribution in [3.8, 4) is 0 Å². The fourth-order valence-corrected chi connectivity index (χ4v) is 2.02. The Bertz CT molecular complexity index is 564. The van der Waals surface area contributed by atoms with Gasteiger partial charge in [0.2, 0.25) is 0 Å². The van der Waals surface area contributed by atoms with Crippen molar-refractivity contribution in [3.05, 3.63) is 69.7 Å². The van der Waals surface area contributed by atoms with Crippen LogP contribution < -0.4 is 0 Å². The van der Waals surface area contributed by atoms with Crippen LogP contribution in [0.4, 0.5) is 0 Å². The van der Waals surface area contributed by atoms with E-state index in [0.29, 0.717) is 11.1 Å². The first-order valence-electron chi connectivity index (χ1n) is 5.35. The third-order valence-corrected chi connectivity index (χ3v) is 3.20. The quantitative estimate of drug-likeness (QED) is 0.915. The molecule has 0 aliphatic heterocycles. The van der Waals surface area contributed by atoms with Gasteiger partial charge in [-0.2, -0.15) is 0 Å². The molecule has 2 aromatic rings. The summed E-state index contributed by atoms with van der Waals surface area (Å²) in [6.07, 6.45) is -0.939. The van der Waals surface area contributed by atoms with Crippen LogP contribution >= 0.6 is 15.9 Å². The minimum atomic E-state index is -1.04. The number of carboxylic acids is 1. The number of hydrogen-bond acceptors (Lipinski definition) is 2. The Hall–Kier alpha value is -1.65. The van der Waals surface area contributed by atoms with Gasteiger partial charge in [0.15, 0.2) is 0 Å². The van der Waals surface area contributed by atoms with Crippen LogP contribution in [0.15, 0.2) is 53.0 Å².